The van der Waals surface area contributed by atoms with Gasteiger partial charge in [0.05, 0.1) is 18.2 Å². The minimum Gasteiger partial charge on any atom is -0.507 e. The molecule has 2 rings (SSSR count). The van der Waals surface area contributed by atoms with Crippen LogP contribution in [0.3, 0.4) is 0 Å². The van der Waals surface area contributed by atoms with Crippen LogP contribution in [0, 0.1) is 6.92 Å². The van der Waals surface area contributed by atoms with Gasteiger partial charge in [0.25, 0.3) is 5.91 Å². The molecule has 0 atom stereocenters. The average Bonchev–Trinajstić information content (AvgIpc) is 2.66. The van der Waals surface area contributed by atoms with Gasteiger partial charge in [-0.25, -0.2) is 0 Å². The Morgan fingerprint density at radius 1 is 1.14 bits per heavy atom. The number of benzene rings is 2. The van der Waals surface area contributed by atoms with Crippen molar-refractivity contribution >= 4 is 11.9 Å². The number of amides is 1. The summed E-state index contributed by atoms with van der Waals surface area (Å²) in [4.78, 5) is 24.1. The first-order chi connectivity index (χ1) is 13.4. The van der Waals surface area contributed by atoms with E-state index in [9.17, 15) is 19.8 Å². The molecular weight excluding hydrogens is 358 g/mol. The lowest BCUT2D eigenvalue weighted by atomic mass is 9.92. The number of esters is 1. The fourth-order valence-corrected chi connectivity index (χ4v) is 3.12. The smallest absolute Gasteiger partial charge is 0.325 e. The summed E-state index contributed by atoms with van der Waals surface area (Å²) in [6.45, 7) is 3.67. The number of hydrogen-bond donors (Lipinski definition) is 3. The van der Waals surface area contributed by atoms with E-state index in [1.165, 1.54) is 13.2 Å². The van der Waals surface area contributed by atoms with Crippen LogP contribution < -0.4 is 5.32 Å². The Hall–Kier alpha value is -3.02. The van der Waals surface area contributed by atoms with Gasteiger partial charge in [-0.1, -0.05) is 49.6 Å². The van der Waals surface area contributed by atoms with Gasteiger partial charge in [-0.15, -0.1) is 0 Å². The van der Waals surface area contributed by atoms with Crippen molar-refractivity contribution < 1.29 is 24.5 Å². The molecule has 0 aliphatic heterocycles. The molecule has 0 aliphatic carbocycles. The van der Waals surface area contributed by atoms with Gasteiger partial charge in [-0.05, 0) is 37.0 Å². The van der Waals surface area contributed by atoms with Gasteiger partial charge in [-0.2, -0.15) is 0 Å². The van der Waals surface area contributed by atoms with Crippen LogP contribution in [0.1, 0.15) is 47.7 Å². The third-order valence-corrected chi connectivity index (χ3v) is 4.57. The van der Waals surface area contributed by atoms with Crippen LogP contribution >= 0.6 is 0 Å². The van der Waals surface area contributed by atoms with Gasteiger partial charge in [0, 0.05) is 0 Å². The summed E-state index contributed by atoms with van der Waals surface area (Å²) in [6, 6.07) is 8.83. The normalized spacial score (nSPS) is 10.5. The zero-order chi connectivity index (χ0) is 20.7. The average molecular weight is 385 g/mol. The Kier molecular flexibility index (Phi) is 7.44. The molecule has 6 heteroatoms. The van der Waals surface area contributed by atoms with Crippen LogP contribution in [0.5, 0.6) is 11.5 Å². The zero-order valence-electron chi connectivity index (χ0n) is 16.5. The van der Waals surface area contributed by atoms with Crippen molar-refractivity contribution in [3.8, 4) is 22.6 Å². The van der Waals surface area contributed by atoms with Crippen molar-refractivity contribution in [2.75, 3.05) is 13.7 Å². The van der Waals surface area contributed by atoms with Crippen LogP contribution in [0.4, 0.5) is 0 Å². The maximum Gasteiger partial charge on any atom is 0.325 e. The maximum atomic E-state index is 12.7. The Bertz CT molecular complexity index is 860. The molecule has 0 heterocycles. The highest BCUT2D eigenvalue weighted by Gasteiger charge is 2.24. The van der Waals surface area contributed by atoms with Crippen LogP contribution in [0.25, 0.3) is 11.1 Å². The van der Waals surface area contributed by atoms with Crippen LogP contribution in [-0.4, -0.2) is 35.7 Å². The SMILES string of the molecule is CCCCCc1cc(O)c(-c2cccc(C)c2)c(O)c1C(=O)NCC(=O)OC. The number of phenols is 2. The molecule has 2 aromatic carbocycles. The second-order valence-electron chi connectivity index (χ2n) is 6.74. The first-order valence-corrected chi connectivity index (χ1v) is 9.38. The lowest BCUT2D eigenvalue weighted by molar-refractivity contribution is -0.139. The summed E-state index contributed by atoms with van der Waals surface area (Å²) in [5.74, 6) is -1.54. The molecule has 0 spiro atoms. The highest BCUT2D eigenvalue weighted by Crippen LogP contribution is 2.42. The molecule has 0 aliphatic rings. The van der Waals surface area contributed by atoms with Gasteiger partial charge in [0.15, 0.2) is 0 Å². The maximum absolute atomic E-state index is 12.7. The minimum atomic E-state index is -0.585. The molecule has 0 bridgehead atoms. The molecule has 0 radical (unpaired) electrons. The van der Waals surface area contributed by atoms with Crippen LogP contribution in [-0.2, 0) is 16.0 Å². The third-order valence-electron chi connectivity index (χ3n) is 4.57. The zero-order valence-corrected chi connectivity index (χ0v) is 16.5. The van der Waals surface area contributed by atoms with Gasteiger partial charge < -0.3 is 20.3 Å². The molecule has 0 fully saturated rings. The van der Waals surface area contributed by atoms with Crippen LogP contribution in [0.2, 0.25) is 0 Å². The Balaban J connectivity index is 2.52. The number of carbonyl (C=O) groups excluding carboxylic acids is 2. The fraction of sp³-hybridized carbons (Fsp3) is 0.364. The summed E-state index contributed by atoms with van der Waals surface area (Å²) in [5, 5.41) is 24.0. The summed E-state index contributed by atoms with van der Waals surface area (Å²) in [7, 11) is 1.23. The predicted octanol–water partition coefficient (Wildman–Crippen LogP) is 3.71. The van der Waals surface area contributed by atoms with E-state index in [4.69, 9.17) is 0 Å². The standard InChI is InChI=1S/C22H27NO5/c1-4-5-6-9-16-12-17(24)19(15-10-7-8-14(2)11-15)21(26)20(16)22(27)23-13-18(25)28-3/h7-8,10-12,24,26H,4-6,9,13H2,1-3H3,(H,23,27). The highest BCUT2D eigenvalue weighted by molar-refractivity contribution is 6.02. The molecular formula is C22H27NO5. The second kappa shape index (κ2) is 9.78. The number of aryl methyl sites for hydroxylation is 2. The van der Waals surface area contributed by atoms with Gasteiger partial charge >= 0.3 is 5.97 Å². The quantitative estimate of drug-likeness (QED) is 0.476. The van der Waals surface area contributed by atoms with E-state index in [2.05, 4.69) is 17.0 Å². The Labute approximate surface area is 165 Å². The largest absolute Gasteiger partial charge is 0.507 e. The number of rotatable bonds is 8. The number of aromatic hydroxyl groups is 2. The number of phenolic OH excluding ortho intramolecular Hbond substituents is 2. The van der Waals surface area contributed by atoms with Crippen molar-refractivity contribution in [2.24, 2.45) is 0 Å². The summed E-state index contributed by atoms with van der Waals surface area (Å²) in [6.07, 6.45) is 3.31. The second-order valence-corrected chi connectivity index (χ2v) is 6.74. The molecule has 1 amide bonds. The van der Waals surface area contributed by atoms with Gasteiger partial charge in [0.2, 0.25) is 0 Å². The topological polar surface area (TPSA) is 95.9 Å². The van der Waals surface area contributed by atoms with E-state index < -0.39 is 11.9 Å². The van der Waals surface area contributed by atoms with E-state index in [-0.39, 0.29) is 29.2 Å². The number of unbranched alkanes of at least 4 members (excludes halogenated alkanes) is 2. The van der Waals surface area contributed by atoms with E-state index in [1.807, 2.05) is 25.1 Å². The predicted molar refractivity (Wildman–Crippen MR) is 108 cm³/mol. The molecule has 2 aromatic rings. The van der Waals surface area contributed by atoms with Gasteiger partial charge in [0.1, 0.15) is 18.0 Å². The van der Waals surface area contributed by atoms with Crippen molar-refractivity contribution in [3.05, 3.63) is 47.0 Å². The molecule has 0 saturated heterocycles. The Morgan fingerprint density at radius 2 is 1.89 bits per heavy atom. The highest BCUT2D eigenvalue weighted by atomic mass is 16.5. The van der Waals surface area contributed by atoms with Crippen molar-refractivity contribution in [1.29, 1.82) is 0 Å². The number of carbonyl (C=O) groups is 2. The number of methoxy groups -OCH3 is 1. The van der Waals surface area contributed by atoms with Crippen molar-refractivity contribution in [1.82, 2.24) is 5.32 Å². The first kappa shape index (κ1) is 21.3. The van der Waals surface area contributed by atoms with Crippen molar-refractivity contribution in [2.45, 2.75) is 39.5 Å². The van der Waals surface area contributed by atoms with E-state index in [1.54, 1.807) is 6.07 Å². The first-order valence-electron chi connectivity index (χ1n) is 9.38. The fourth-order valence-electron chi connectivity index (χ4n) is 3.12. The molecule has 150 valence electrons. The van der Waals surface area contributed by atoms with E-state index >= 15 is 0 Å². The van der Waals surface area contributed by atoms with Gasteiger partial charge in [-0.3, -0.25) is 9.59 Å². The van der Waals surface area contributed by atoms with Crippen LogP contribution in [0.15, 0.2) is 30.3 Å². The third kappa shape index (κ3) is 5.03. The monoisotopic (exact) mass is 385 g/mol. The molecule has 0 aromatic heterocycles. The van der Waals surface area contributed by atoms with E-state index in [0.717, 1.165) is 24.8 Å². The lowest BCUT2D eigenvalue weighted by Crippen LogP contribution is -2.31. The molecule has 28 heavy (non-hydrogen) atoms. The summed E-state index contributed by atoms with van der Waals surface area (Å²) >= 11 is 0. The summed E-state index contributed by atoms with van der Waals surface area (Å²) in [5.41, 5.74) is 2.39. The number of hydrogen-bond acceptors (Lipinski definition) is 5. The number of ether oxygens (including phenoxy) is 1. The lowest BCUT2D eigenvalue weighted by Gasteiger charge is -2.17. The molecule has 6 nitrogen and oxygen atoms in total. The number of nitrogens with one attached hydrogen (secondary N) is 1. The molecule has 3 N–H and O–H groups in total. The summed E-state index contributed by atoms with van der Waals surface area (Å²) < 4.78 is 4.55. The van der Waals surface area contributed by atoms with Crippen molar-refractivity contribution in [3.63, 3.8) is 0 Å². The molecule has 0 unspecified atom stereocenters. The minimum absolute atomic E-state index is 0.0781. The Morgan fingerprint density at radius 3 is 2.54 bits per heavy atom. The molecule has 0 saturated carbocycles. The van der Waals surface area contributed by atoms with E-state index in [0.29, 0.717) is 17.5 Å².